The molecule has 57 heavy (non-hydrogen) atoms. The van der Waals surface area contributed by atoms with Crippen molar-refractivity contribution >= 4 is 11.9 Å². The summed E-state index contributed by atoms with van der Waals surface area (Å²) in [5, 5.41) is 9.52. The summed E-state index contributed by atoms with van der Waals surface area (Å²) >= 11 is 0. The van der Waals surface area contributed by atoms with Crippen LogP contribution >= 0.6 is 0 Å². The molecule has 0 aliphatic rings. The lowest BCUT2D eigenvalue weighted by Gasteiger charge is -2.15. The molecule has 1 N–H and O–H groups in total. The smallest absolute Gasteiger partial charge is 0.306 e. The Labute approximate surface area is 356 Å². The van der Waals surface area contributed by atoms with Crippen LogP contribution in [0.5, 0.6) is 0 Å². The second-order valence-corrected chi connectivity index (χ2v) is 17.6. The molecule has 0 rings (SSSR count). The summed E-state index contributed by atoms with van der Waals surface area (Å²) in [4.78, 5) is 24.1. The Morgan fingerprint density at radius 3 is 0.947 bits per heavy atom. The SMILES string of the molecule is CCCCCCCCCC/C=C\CCCCCCCCCCCCCCCCCCCCCCCCCCCC(=O)OC(CO)COC(=O)CCCCCCCC. The highest BCUT2D eigenvalue weighted by Gasteiger charge is 2.16. The van der Waals surface area contributed by atoms with Gasteiger partial charge in [-0.1, -0.05) is 251 Å². The fraction of sp³-hybridized carbons (Fsp3) is 0.923. The molecule has 1 atom stereocenters. The van der Waals surface area contributed by atoms with Crippen molar-refractivity contribution in [3.8, 4) is 0 Å². The fourth-order valence-corrected chi connectivity index (χ4v) is 7.91. The summed E-state index contributed by atoms with van der Waals surface area (Å²) in [5.41, 5.74) is 0. The first kappa shape index (κ1) is 55.6. The molecule has 0 aliphatic carbocycles. The first-order valence-electron chi connectivity index (χ1n) is 25.7. The lowest BCUT2D eigenvalue weighted by molar-refractivity contribution is -0.161. The number of carbonyl (C=O) groups is 2. The summed E-state index contributed by atoms with van der Waals surface area (Å²) in [5.74, 6) is -0.586. The standard InChI is InChI=1S/C52H100O5/c1-3-5-7-9-11-12-13-14-15-16-17-18-19-20-21-22-23-24-25-26-27-28-29-30-31-32-33-34-35-36-37-38-39-40-41-43-45-47-52(55)57-50(48-53)49-56-51(54)46-44-42-10-8-6-4-2/h16-17,50,53H,3-15,18-49H2,1-2H3/b17-16-. The van der Waals surface area contributed by atoms with Crippen LogP contribution in [0.3, 0.4) is 0 Å². The normalized spacial score (nSPS) is 12.1. The maximum Gasteiger partial charge on any atom is 0.306 e. The van der Waals surface area contributed by atoms with E-state index < -0.39 is 6.10 Å². The van der Waals surface area contributed by atoms with Crippen LogP contribution < -0.4 is 0 Å². The van der Waals surface area contributed by atoms with Crippen LogP contribution in [0.25, 0.3) is 0 Å². The Morgan fingerprint density at radius 1 is 0.386 bits per heavy atom. The van der Waals surface area contributed by atoms with Crippen molar-refractivity contribution in [1.29, 1.82) is 0 Å². The summed E-state index contributed by atoms with van der Waals surface area (Å²) in [6.45, 7) is 4.10. The monoisotopic (exact) mass is 805 g/mol. The Kier molecular flexibility index (Phi) is 47.8. The van der Waals surface area contributed by atoms with Gasteiger partial charge in [0.1, 0.15) is 6.61 Å². The predicted molar refractivity (Wildman–Crippen MR) is 247 cm³/mol. The number of allylic oxidation sites excluding steroid dienone is 2. The molecule has 0 radical (unpaired) electrons. The zero-order valence-corrected chi connectivity index (χ0v) is 38.6. The van der Waals surface area contributed by atoms with Crippen molar-refractivity contribution in [3.63, 3.8) is 0 Å². The highest BCUT2D eigenvalue weighted by Crippen LogP contribution is 2.17. The molecular formula is C52H100O5. The molecule has 0 heterocycles. The third kappa shape index (κ3) is 47.2. The van der Waals surface area contributed by atoms with Crippen LogP contribution in [0.1, 0.15) is 290 Å². The average Bonchev–Trinajstić information content (AvgIpc) is 3.21. The molecule has 0 saturated heterocycles. The Morgan fingerprint density at radius 2 is 0.649 bits per heavy atom. The summed E-state index contributed by atoms with van der Waals surface area (Å²) in [7, 11) is 0. The number of esters is 2. The van der Waals surface area contributed by atoms with Gasteiger partial charge in [0.2, 0.25) is 0 Å². The van der Waals surface area contributed by atoms with Crippen molar-refractivity contribution in [3.05, 3.63) is 12.2 Å². The van der Waals surface area contributed by atoms with E-state index in [1.165, 1.54) is 225 Å². The van der Waals surface area contributed by atoms with Gasteiger partial charge >= 0.3 is 11.9 Å². The molecule has 5 heteroatoms. The maximum absolute atomic E-state index is 12.2. The minimum atomic E-state index is -0.761. The Hall–Kier alpha value is -1.36. The number of aliphatic hydroxyl groups excluding tert-OH is 1. The van der Waals surface area contributed by atoms with Gasteiger partial charge in [-0.05, 0) is 38.5 Å². The average molecular weight is 805 g/mol. The van der Waals surface area contributed by atoms with Crippen LogP contribution in [0.15, 0.2) is 12.2 Å². The summed E-state index contributed by atoms with van der Waals surface area (Å²) < 4.78 is 10.5. The van der Waals surface area contributed by atoms with Crippen molar-refractivity contribution < 1.29 is 24.2 Å². The number of hydrogen-bond donors (Lipinski definition) is 1. The van der Waals surface area contributed by atoms with Gasteiger partial charge in [0, 0.05) is 12.8 Å². The molecule has 0 fully saturated rings. The number of unbranched alkanes of at least 4 members (excludes halogenated alkanes) is 38. The van der Waals surface area contributed by atoms with Crippen molar-refractivity contribution in [2.75, 3.05) is 13.2 Å². The Balaban J connectivity index is 3.29. The number of rotatable bonds is 48. The first-order chi connectivity index (χ1) is 28.1. The van der Waals surface area contributed by atoms with Gasteiger partial charge in [-0.15, -0.1) is 0 Å². The van der Waals surface area contributed by atoms with Gasteiger partial charge in [-0.3, -0.25) is 9.59 Å². The van der Waals surface area contributed by atoms with E-state index in [0.29, 0.717) is 12.8 Å². The Bertz CT molecular complexity index is 825. The molecule has 0 aromatic rings. The van der Waals surface area contributed by atoms with E-state index in [2.05, 4.69) is 26.0 Å². The molecule has 0 aromatic heterocycles. The lowest BCUT2D eigenvalue weighted by atomic mass is 10.0. The third-order valence-electron chi connectivity index (χ3n) is 11.8. The van der Waals surface area contributed by atoms with Crippen LogP contribution in [-0.2, 0) is 19.1 Å². The number of ether oxygens (including phenoxy) is 2. The number of aliphatic hydroxyl groups is 1. The maximum atomic E-state index is 12.2. The van der Waals surface area contributed by atoms with Gasteiger partial charge in [0.15, 0.2) is 6.10 Å². The predicted octanol–water partition coefficient (Wildman–Crippen LogP) is 16.8. The molecule has 5 nitrogen and oxygen atoms in total. The van der Waals surface area contributed by atoms with Crippen LogP contribution in [0, 0.1) is 0 Å². The molecule has 0 saturated carbocycles. The van der Waals surface area contributed by atoms with Crippen LogP contribution in [0.2, 0.25) is 0 Å². The van der Waals surface area contributed by atoms with Crippen molar-refractivity contribution in [2.45, 2.75) is 296 Å². The van der Waals surface area contributed by atoms with E-state index in [9.17, 15) is 14.7 Å². The molecule has 0 amide bonds. The topological polar surface area (TPSA) is 72.8 Å². The van der Waals surface area contributed by atoms with Gasteiger partial charge in [-0.2, -0.15) is 0 Å². The van der Waals surface area contributed by atoms with E-state index in [1.807, 2.05) is 0 Å². The van der Waals surface area contributed by atoms with E-state index >= 15 is 0 Å². The van der Waals surface area contributed by atoms with E-state index in [1.54, 1.807) is 0 Å². The van der Waals surface area contributed by atoms with E-state index in [-0.39, 0.29) is 25.2 Å². The second kappa shape index (κ2) is 49.0. The molecule has 338 valence electrons. The molecule has 0 aromatic carbocycles. The van der Waals surface area contributed by atoms with E-state index in [0.717, 1.165) is 38.5 Å². The third-order valence-corrected chi connectivity index (χ3v) is 11.8. The number of hydrogen-bond acceptors (Lipinski definition) is 5. The molecule has 0 aliphatic heterocycles. The quantitative estimate of drug-likeness (QED) is 0.0377. The fourth-order valence-electron chi connectivity index (χ4n) is 7.91. The van der Waals surface area contributed by atoms with Gasteiger partial charge < -0.3 is 14.6 Å². The van der Waals surface area contributed by atoms with Crippen LogP contribution in [0.4, 0.5) is 0 Å². The summed E-state index contributed by atoms with van der Waals surface area (Å²) in [6, 6.07) is 0. The van der Waals surface area contributed by atoms with Gasteiger partial charge in [0.05, 0.1) is 6.61 Å². The largest absolute Gasteiger partial charge is 0.462 e. The molecule has 0 bridgehead atoms. The minimum absolute atomic E-state index is 0.0598. The molecule has 0 spiro atoms. The molecule has 1 unspecified atom stereocenters. The minimum Gasteiger partial charge on any atom is -0.462 e. The van der Waals surface area contributed by atoms with Crippen molar-refractivity contribution in [2.24, 2.45) is 0 Å². The van der Waals surface area contributed by atoms with Gasteiger partial charge in [-0.25, -0.2) is 0 Å². The highest BCUT2D eigenvalue weighted by atomic mass is 16.6. The first-order valence-corrected chi connectivity index (χ1v) is 25.7. The molecular weight excluding hydrogens is 705 g/mol. The second-order valence-electron chi connectivity index (χ2n) is 17.6. The van der Waals surface area contributed by atoms with Crippen LogP contribution in [-0.4, -0.2) is 36.4 Å². The zero-order valence-electron chi connectivity index (χ0n) is 38.6. The lowest BCUT2D eigenvalue weighted by Crippen LogP contribution is -2.28. The zero-order chi connectivity index (χ0) is 41.4. The highest BCUT2D eigenvalue weighted by molar-refractivity contribution is 5.70. The van der Waals surface area contributed by atoms with Crippen molar-refractivity contribution in [1.82, 2.24) is 0 Å². The van der Waals surface area contributed by atoms with E-state index in [4.69, 9.17) is 9.47 Å². The summed E-state index contributed by atoms with van der Waals surface area (Å²) in [6.07, 6.45) is 59.5. The van der Waals surface area contributed by atoms with Gasteiger partial charge in [0.25, 0.3) is 0 Å². The number of carbonyl (C=O) groups excluding carboxylic acids is 2.